The second kappa shape index (κ2) is 11.9. The van der Waals surface area contributed by atoms with Crippen LogP contribution in [0.5, 0.6) is 0 Å². The summed E-state index contributed by atoms with van der Waals surface area (Å²) in [5, 5.41) is 3.26. The molecule has 0 spiro atoms. The molecule has 0 radical (unpaired) electrons. The molecule has 0 amide bonds. The van der Waals surface area contributed by atoms with Gasteiger partial charge in [-0.05, 0) is 34.1 Å². The van der Waals surface area contributed by atoms with Gasteiger partial charge in [0.1, 0.15) is 5.54 Å². The molecule has 0 bridgehead atoms. The summed E-state index contributed by atoms with van der Waals surface area (Å²) in [7, 11) is 1.64. The third-order valence-electron chi connectivity index (χ3n) is 2.88. The van der Waals surface area contributed by atoms with Gasteiger partial charge in [-0.2, -0.15) is 0 Å². The number of rotatable bonds is 13. The van der Waals surface area contributed by atoms with Crippen LogP contribution in [0.2, 0.25) is 0 Å². The Hall–Kier alpha value is -0.690. The molecule has 0 aromatic carbocycles. The lowest BCUT2D eigenvalue weighted by molar-refractivity contribution is -0.151. The Bertz CT molecular complexity index is 273. The van der Waals surface area contributed by atoms with Crippen molar-refractivity contribution < 1.29 is 23.7 Å². The van der Waals surface area contributed by atoms with Crippen molar-refractivity contribution in [1.29, 1.82) is 0 Å². The Morgan fingerprint density at radius 1 is 1.10 bits per heavy atom. The van der Waals surface area contributed by atoms with Gasteiger partial charge in [0, 0.05) is 19.8 Å². The smallest absolute Gasteiger partial charge is 0.326 e. The Morgan fingerprint density at radius 2 is 1.67 bits per heavy atom. The van der Waals surface area contributed by atoms with Gasteiger partial charge in [-0.3, -0.25) is 10.1 Å². The molecule has 0 saturated carbocycles. The molecule has 0 saturated heterocycles. The quantitative estimate of drug-likeness (QED) is 0.409. The highest BCUT2D eigenvalue weighted by molar-refractivity contribution is 5.80. The van der Waals surface area contributed by atoms with E-state index in [0.29, 0.717) is 46.1 Å². The maximum Gasteiger partial charge on any atom is 0.326 e. The van der Waals surface area contributed by atoms with Gasteiger partial charge in [0.15, 0.2) is 0 Å². The number of ether oxygens (including phenoxy) is 4. The van der Waals surface area contributed by atoms with Crippen LogP contribution in [0.3, 0.4) is 0 Å². The van der Waals surface area contributed by atoms with Crippen molar-refractivity contribution in [3.05, 3.63) is 0 Å². The SMILES string of the molecule is CCOC(=O)C(C)(CCOCCOCCOC)NC(C)C. The molecular weight excluding hydrogens is 274 g/mol. The standard InChI is InChI=1S/C15H31NO5/c1-6-21-14(17)15(4,16-13(2)3)7-8-19-11-12-20-10-9-18-5/h13,16H,6-12H2,1-5H3. The van der Waals surface area contributed by atoms with E-state index in [0.717, 1.165) is 0 Å². The van der Waals surface area contributed by atoms with Gasteiger partial charge in [-0.25, -0.2) is 0 Å². The van der Waals surface area contributed by atoms with Crippen molar-refractivity contribution >= 4 is 5.97 Å². The topological polar surface area (TPSA) is 66.0 Å². The van der Waals surface area contributed by atoms with Crippen LogP contribution < -0.4 is 5.32 Å². The first-order valence-corrected chi connectivity index (χ1v) is 7.55. The van der Waals surface area contributed by atoms with Gasteiger partial charge < -0.3 is 18.9 Å². The maximum atomic E-state index is 12.1. The summed E-state index contributed by atoms with van der Waals surface area (Å²) in [6, 6.07) is 0.191. The van der Waals surface area contributed by atoms with Crippen LogP contribution in [0.15, 0.2) is 0 Å². The third-order valence-corrected chi connectivity index (χ3v) is 2.88. The fraction of sp³-hybridized carbons (Fsp3) is 0.933. The lowest BCUT2D eigenvalue weighted by atomic mass is 9.97. The van der Waals surface area contributed by atoms with Gasteiger partial charge in [0.05, 0.1) is 33.0 Å². The fourth-order valence-corrected chi connectivity index (χ4v) is 1.90. The van der Waals surface area contributed by atoms with Crippen LogP contribution in [0.25, 0.3) is 0 Å². The number of carbonyl (C=O) groups is 1. The average molecular weight is 305 g/mol. The third kappa shape index (κ3) is 9.79. The predicted molar refractivity (Wildman–Crippen MR) is 81.4 cm³/mol. The normalized spacial score (nSPS) is 14.2. The molecule has 0 aromatic rings. The number of carbonyl (C=O) groups excluding carboxylic acids is 1. The highest BCUT2D eigenvalue weighted by Gasteiger charge is 2.34. The molecule has 0 fully saturated rings. The van der Waals surface area contributed by atoms with E-state index in [9.17, 15) is 4.79 Å². The molecule has 0 aliphatic rings. The number of esters is 1. The summed E-state index contributed by atoms with van der Waals surface area (Å²) < 4.78 is 20.8. The summed E-state index contributed by atoms with van der Waals surface area (Å²) in [6.45, 7) is 10.7. The van der Waals surface area contributed by atoms with Crippen LogP contribution in [-0.2, 0) is 23.7 Å². The van der Waals surface area contributed by atoms with Crippen molar-refractivity contribution in [1.82, 2.24) is 5.32 Å². The first-order valence-electron chi connectivity index (χ1n) is 7.55. The predicted octanol–water partition coefficient (Wildman–Crippen LogP) is 1.38. The Balaban J connectivity index is 3.99. The molecule has 0 rings (SSSR count). The maximum absolute atomic E-state index is 12.1. The van der Waals surface area contributed by atoms with Gasteiger partial charge in [-0.15, -0.1) is 0 Å². The summed E-state index contributed by atoms with van der Waals surface area (Å²) >= 11 is 0. The van der Waals surface area contributed by atoms with Crippen molar-refractivity contribution in [3.63, 3.8) is 0 Å². The lowest BCUT2D eigenvalue weighted by Crippen LogP contribution is -2.53. The van der Waals surface area contributed by atoms with Crippen molar-refractivity contribution in [3.8, 4) is 0 Å². The monoisotopic (exact) mass is 305 g/mol. The van der Waals surface area contributed by atoms with E-state index in [2.05, 4.69) is 5.32 Å². The minimum Gasteiger partial charge on any atom is -0.465 e. The second-order valence-corrected chi connectivity index (χ2v) is 5.32. The number of nitrogens with one attached hydrogen (secondary N) is 1. The van der Waals surface area contributed by atoms with Gasteiger partial charge in [0.25, 0.3) is 0 Å². The molecule has 0 aliphatic carbocycles. The molecule has 6 nitrogen and oxygen atoms in total. The van der Waals surface area contributed by atoms with Crippen LogP contribution in [0.4, 0.5) is 0 Å². The van der Waals surface area contributed by atoms with Crippen LogP contribution in [0.1, 0.15) is 34.1 Å². The Labute approximate surface area is 128 Å². The van der Waals surface area contributed by atoms with E-state index in [-0.39, 0.29) is 12.0 Å². The number of hydrogen-bond acceptors (Lipinski definition) is 6. The van der Waals surface area contributed by atoms with E-state index in [1.54, 1.807) is 7.11 Å². The molecule has 126 valence electrons. The Morgan fingerprint density at radius 3 is 2.19 bits per heavy atom. The largest absolute Gasteiger partial charge is 0.465 e. The fourth-order valence-electron chi connectivity index (χ4n) is 1.90. The van der Waals surface area contributed by atoms with Crippen molar-refractivity contribution in [2.45, 2.75) is 45.7 Å². The molecule has 1 unspecified atom stereocenters. The molecule has 0 aromatic heterocycles. The van der Waals surface area contributed by atoms with E-state index in [4.69, 9.17) is 18.9 Å². The molecule has 21 heavy (non-hydrogen) atoms. The second-order valence-electron chi connectivity index (χ2n) is 5.32. The summed E-state index contributed by atoms with van der Waals surface area (Å²) in [5.41, 5.74) is -0.721. The van der Waals surface area contributed by atoms with E-state index in [1.807, 2.05) is 27.7 Å². The zero-order valence-electron chi connectivity index (χ0n) is 14.1. The van der Waals surface area contributed by atoms with E-state index >= 15 is 0 Å². The number of hydrogen-bond donors (Lipinski definition) is 1. The minimum atomic E-state index is -0.721. The van der Waals surface area contributed by atoms with Crippen molar-refractivity contribution in [2.75, 3.05) is 46.8 Å². The average Bonchev–Trinajstić information content (AvgIpc) is 2.41. The molecule has 0 heterocycles. The Kier molecular flexibility index (Phi) is 11.5. The molecule has 0 aliphatic heterocycles. The lowest BCUT2D eigenvalue weighted by Gasteiger charge is -2.30. The molecular formula is C15H31NO5. The first-order chi connectivity index (χ1) is 9.96. The van der Waals surface area contributed by atoms with Gasteiger partial charge in [0.2, 0.25) is 0 Å². The zero-order valence-corrected chi connectivity index (χ0v) is 14.1. The highest BCUT2D eigenvalue weighted by Crippen LogP contribution is 2.14. The summed E-state index contributed by atoms with van der Waals surface area (Å²) in [5.74, 6) is -0.237. The summed E-state index contributed by atoms with van der Waals surface area (Å²) in [6.07, 6.45) is 0.558. The summed E-state index contributed by atoms with van der Waals surface area (Å²) in [4.78, 5) is 12.1. The first kappa shape index (κ1) is 20.3. The number of methoxy groups -OCH3 is 1. The van der Waals surface area contributed by atoms with E-state index in [1.165, 1.54) is 0 Å². The highest BCUT2D eigenvalue weighted by atomic mass is 16.5. The van der Waals surface area contributed by atoms with Crippen LogP contribution in [-0.4, -0.2) is 64.3 Å². The van der Waals surface area contributed by atoms with Crippen LogP contribution >= 0.6 is 0 Å². The van der Waals surface area contributed by atoms with E-state index < -0.39 is 5.54 Å². The molecule has 1 N–H and O–H groups in total. The zero-order chi connectivity index (χ0) is 16.1. The van der Waals surface area contributed by atoms with Gasteiger partial charge >= 0.3 is 5.97 Å². The molecule has 1 atom stereocenters. The molecule has 6 heteroatoms. The van der Waals surface area contributed by atoms with Crippen LogP contribution in [0, 0.1) is 0 Å². The minimum absolute atomic E-state index is 0.191. The van der Waals surface area contributed by atoms with Crippen molar-refractivity contribution in [2.24, 2.45) is 0 Å². The van der Waals surface area contributed by atoms with Gasteiger partial charge in [-0.1, -0.05) is 0 Å².